The Labute approximate surface area is 121 Å². The molecule has 0 radical (unpaired) electrons. The number of esters is 1. The summed E-state index contributed by atoms with van der Waals surface area (Å²) in [4.78, 5) is 19.5. The Bertz CT molecular complexity index is 390. The fraction of sp³-hybridized carbons (Fsp3) is 0.867. The zero-order valence-corrected chi connectivity index (χ0v) is 13.1. The number of nitrogens with zero attached hydrogens (tertiary/aromatic N) is 2. The third kappa shape index (κ3) is 3.72. The monoisotopic (exact) mass is 282 g/mol. The van der Waals surface area contributed by atoms with Crippen LogP contribution in [-0.4, -0.2) is 48.9 Å². The van der Waals surface area contributed by atoms with Crippen molar-refractivity contribution < 1.29 is 14.4 Å². The summed E-state index contributed by atoms with van der Waals surface area (Å²) < 4.78 is 4.71. The van der Waals surface area contributed by atoms with Crippen molar-refractivity contribution in [2.45, 2.75) is 52.1 Å². The SMILES string of the molecule is COC(=O)C1=NOC2(CCN(CCC(C)(C)C)CC2)C1. The molecule has 5 heteroatoms. The molecule has 0 amide bonds. The molecule has 0 aromatic heterocycles. The highest BCUT2D eigenvalue weighted by Gasteiger charge is 2.44. The molecular weight excluding hydrogens is 256 g/mol. The van der Waals surface area contributed by atoms with E-state index in [1.54, 1.807) is 0 Å². The normalized spacial score (nSPS) is 22.5. The maximum absolute atomic E-state index is 11.5. The molecule has 0 saturated carbocycles. The second kappa shape index (κ2) is 5.72. The fourth-order valence-electron chi connectivity index (χ4n) is 2.69. The first kappa shape index (κ1) is 15.3. The summed E-state index contributed by atoms with van der Waals surface area (Å²) in [6, 6.07) is 0. The minimum atomic E-state index is -0.364. The summed E-state index contributed by atoms with van der Waals surface area (Å²) >= 11 is 0. The van der Waals surface area contributed by atoms with Crippen molar-refractivity contribution in [2.24, 2.45) is 10.6 Å². The van der Waals surface area contributed by atoms with E-state index in [9.17, 15) is 4.79 Å². The lowest BCUT2D eigenvalue weighted by molar-refractivity contribution is -0.132. The van der Waals surface area contributed by atoms with Crippen LogP contribution >= 0.6 is 0 Å². The van der Waals surface area contributed by atoms with E-state index < -0.39 is 0 Å². The Morgan fingerprint density at radius 3 is 2.60 bits per heavy atom. The third-order valence-corrected chi connectivity index (χ3v) is 4.21. The van der Waals surface area contributed by atoms with Crippen LogP contribution in [0.3, 0.4) is 0 Å². The van der Waals surface area contributed by atoms with Crippen LogP contribution in [-0.2, 0) is 14.4 Å². The molecule has 0 bridgehead atoms. The number of hydrogen-bond acceptors (Lipinski definition) is 5. The van der Waals surface area contributed by atoms with E-state index in [1.807, 2.05) is 0 Å². The van der Waals surface area contributed by atoms with Crippen LogP contribution in [0, 0.1) is 5.41 Å². The molecule has 0 aromatic carbocycles. The number of ether oxygens (including phenoxy) is 1. The van der Waals surface area contributed by atoms with E-state index in [4.69, 9.17) is 9.57 Å². The van der Waals surface area contributed by atoms with Gasteiger partial charge in [0.15, 0.2) is 5.71 Å². The van der Waals surface area contributed by atoms with Crippen LogP contribution in [0.4, 0.5) is 0 Å². The number of carbonyl (C=O) groups excluding carboxylic acids is 1. The number of carbonyl (C=O) groups is 1. The number of methoxy groups -OCH3 is 1. The summed E-state index contributed by atoms with van der Waals surface area (Å²) in [5.41, 5.74) is 0.540. The third-order valence-electron chi connectivity index (χ3n) is 4.21. The molecule has 114 valence electrons. The van der Waals surface area contributed by atoms with Gasteiger partial charge in [-0.3, -0.25) is 0 Å². The average Bonchev–Trinajstić information content (AvgIpc) is 2.80. The van der Waals surface area contributed by atoms with E-state index >= 15 is 0 Å². The molecule has 2 aliphatic heterocycles. The van der Waals surface area contributed by atoms with Crippen LogP contribution in [0.25, 0.3) is 0 Å². The van der Waals surface area contributed by atoms with E-state index in [2.05, 4.69) is 30.8 Å². The highest BCUT2D eigenvalue weighted by atomic mass is 16.7. The average molecular weight is 282 g/mol. The van der Waals surface area contributed by atoms with Crippen molar-refractivity contribution in [1.29, 1.82) is 0 Å². The molecule has 2 aliphatic rings. The number of oxime groups is 1. The van der Waals surface area contributed by atoms with Gasteiger partial charge in [0.25, 0.3) is 0 Å². The summed E-state index contributed by atoms with van der Waals surface area (Å²) in [6.07, 6.45) is 3.65. The molecule has 0 N–H and O–H groups in total. The molecule has 0 unspecified atom stereocenters. The van der Waals surface area contributed by atoms with Gasteiger partial charge in [-0.05, 0) is 18.4 Å². The lowest BCUT2D eigenvalue weighted by Crippen LogP contribution is -2.45. The van der Waals surface area contributed by atoms with Crippen LogP contribution in [0.1, 0.15) is 46.5 Å². The Balaban J connectivity index is 1.79. The fourth-order valence-corrected chi connectivity index (χ4v) is 2.69. The van der Waals surface area contributed by atoms with E-state index in [1.165, 1.54) is 13.5 Å². The van der Waals surface area contributed by atoms with Crippen LogP contribution in [0.2, 0.25) is 0 Å². The minimum Gasteiger partial charge on any atom is -0.464 e. The Hall–Kier alpha value is -1.10. The van der Waals surface area contributed by atoms with Gasteiger partial charge in [-0.15, -0.1) is 0 Å². The first-order chi connectivity index (χ1) is 9.34. The molecule has 0 aliphatic carbocycles. The summed E-state index contributed by atoms with van der Waals surface area (Å²) in [5.74, 6) is -0.364. The lowest BCUT2D eigenvalue weighted by atomic mass is 9.86. The molecular formula is C15H26N2O3. The smallest absolute Gasteiger partial charge is 0.355 e. The molecule has 2 rings (SSSR count). The molecule has 1 saturated heterocycles. The summed E-state index contributed by atoms with van der Waals surface area (Å²) in [6.45, 7) is 9.98. The predicted octanol–water partition coefficient (Wildman–Crippen LogP) is 2.21. The van der Waals surface area contributed by atoms with E-state index in [-0.39, 0.29) is 11.6 Å². The minimum absolute atomic E-state index is 0.262. The maximum Gasteiger partial charge on any atom is 0.355 e. The molecule has 2 heterocycles. The molecule has 0 aromatic rings. The van der Waals surface area contributed by atoms with E-state index in [0.717, 1.165) is 32.5 Å². The predicted molar refractivity (Wildman–Crippen MR) is 77.6 cm³/mol. The van der Waals surface area contributed by atoms with Gasteiger partial charge in [0.1, 0.15) is 5.60 Å². The van der Waals surface area contributed by atoms with Crippen LogP contribution in [0.15, 0.2) is 5.16 Å². The van der Waals surface area contributed by atoms with Gasteiger partial charge in [0, 0.05) is 32.4 Å². The Kier molecular flexibility index (Phi) is 4.37. The van der Waals surface area contributed by atoms with Crippen molar-refractivity contribution >= 4 is 11.7 Å². The van der Waals surface area contributed by atoms with Gasteiger partial charge in [-0.2, -0.15) is 0 Å². The van der Waals surface area contributed by atoms with Gasteiger partial charge in [0.05, 0.1) is 7.11 Å². The van der Waals surface area contributed by atoms with Gasteiger partial charge >= 0.3 is 5.97 Å². The first-order valence-corrected chi connectivity index (χ1v) is 7.39. The molecule has 0 atom stereocenters. The zero-order valence-electron chi connectivity index (χ0n) is 13.1. The topological polar surface area (TPSA) is 51.1 Å². The quantitative estimate of drug-likeness (QED) is 0.745. The van der Waals surface area contributed by atoms with Gasteiger partial charge in [-0.1, -0.05) is 25.9 Å². The zero-order chi connectivity index (χ0) is 14.8. The highest BCUT2D eigenvalue weighted by molar-refractivity contribution is 6.36. The molecule has 5 nitrogen and oxygen atoms in total. The van der Waals surface area contributed by atoms with Gasteiger partial charge in [0.2, 0.25) is 0 Å². The highest BCUT2D eigenvalue weighted by Crippen LogP contribution is 2.35. The number of likely N-dealkylation sites (tertiary alicyclic amines) is 1. The van der Waals surface area contributed by atoms with Crippen molar-refractivity contribution in [3.05, 3.63) is 0 Å². The van der Waals surface area contributed by atoms with Crippen molar-refractivity contribution in [1.82, 2.24) is 4.90 Å². The Morgan fingerprint density at radius 2 is 2.05 bits per heavy atom. The van der Waals surface area contributed by atoms with Crippen LogP contribution < -0.4 is 0 Å². The summed E-state index contributed by atoms with van der Waals surface area (Å²) in [5, 5.41) is 3.92. The van der Waals surface area contributed by atoms with Crippen molar-refractivity contribution in [3.63, 3.8) is 0 Å². The van der Waals surface area contributed by atoms with Crippen molar-refractivity contribution in [3.8, 4) is 0 Å². The lowest BCUT2D eigenvalue weighted by Gasteiger charge is -2.38. The molecule has 20 heavy (non-hydrogen) atoms. The number of piperidine rings is 1. The van der Waals surface area contributed by atoms with Gasteiger partial charge in [-0.25, -0.2) is 4.79 Å². The standard InChI is InChI=1S/C15H26N2O3/c1-14(2,3)5-8-17-9-6-15(7-10-17)11-12(16-20-15)13(18)19-4/h5-11H2,1-4H3. The number of rotatable bonds is 3. The largest absolute Gasteiger partial charge is 0.464 e. The number of hydrogen-bond donors (Lipinski definition) is 0. The van der Waals surface area contributed by atoms with Crippen LogP contribution in [0.5, 0.6) is 0 Å². The van der Waals surface area contributed by atoms with E-state index in [0.29, 0.717) is 17.5 Å². The van der Waals surface area contributed by atoms with Gasteiger partial charge < -0.3 is 14.5 Å². The Morgan fingerprint density at radius 1 is 1.40 bits per heavy atom. The molecule has 1 fully saturated rings. The van der Waals surface area contributed by atoms with Crippen molar-refractivity contribution in [2.75, 3.05) is 26.7 Å². The first-order valence-electron chi connectivity index (χ1n) is 7.39. The maximum atomic E-state index is 11.5. The second-order valence-corrected chi connectivity index (χ2v) is 7.13. The summed E-state index contributed by atoms with van der Waals surface area (Å²) in [7, 11) is 1.38. The molecule has 1 spiro atoms. The second-order valence-electron chi connectivity index (χ2n) is 7.13.